The maximum absolute atomic E-state index is 14.2. The largest absolute Gasteiger partial charge is 0.591 e. The van der Waals surface area contributed by atoms with Gasteiger partial charge < -0.3 is 4.55 Å². The highest BCUT2D eigenvalue weighted by Gasteiger charge is 2.26. The van der Waals surface area contributed by atoms with E-state index in [4.69, 9.17) is 4.98 Å². The summed E-state index contributed by atoms with van der Waals surface area (Å²) in [6.45, 7) is 5.61. The van der Waals surface area contributed by atoms with Crippen molar-refractivity contribution < 1.29 is 8.94 Å². The summed E-state index contributed by atoms with van der Waals surface area (Å²) >= 11 is -1.44. The van der Waals surface area contributed by atoms with Crippen LogP contribution in [0.15, 0.2) is 77.3 Å². The van der Waals surface area contributed by atoms with Crippen molar-refractivity contribution in [1.29, 1.82) is 0 Å². The second kappa shape index (κ2) is 8.57. The molecule has 0 aliphatic rings. The van der Waals surface area contributed by atoms with E-state index in [2.05, 4.69) is 9.38 Å². The van der Waals surface area contributed by atoms with Gasteiger partial charge in [-0.25, -0.2) is 9.37 Å². The molecule has 0 amide bonds. The number of nitrogens with zero attached hydrogens (tertiary/aromatic N) is 3. The lowest BCUT2D eigenvalue weighted by molar-refractivity contribution is 0.562. The minimum atomic E-state index is -1.44. The van der Waals surface area contributed by atoms with Crippen LogP contribution in [0, 0.1) is 5.82 Å². The number of hydrogen-bond donors (Lipinski definition) is 0. The second-order valence-corrected chi connectivity index (χ2v) is 10.0. The Hall–Kier alpha value is -3.09. The molecule has 2 heterocycles. The Morgan fingerprint density at radius 1 is 0.968 bits per heavy atom. The van der Waals surface area contributed by atoms with Crippen molar-refractivity contribution in [1.82, 2.24) is 9.97 Å². The van der Waals surface area contributed by atoms with E-state index in [1.54, 1.807) is 18.5 Å². The molecule has 0 radical (unpaired) electrons. The van der Waals surface area contributed by atoms with Crippen LogP contribution in [0.25, 0.3) is 33.3 Å². The van der Waals surface area contributed by atoms with E-state index < -0.39 is 16.1 Å². The molecule has 6 heteroatoms. The molecule has 1 unspecified atom stereocenters. The molecule has 0 aliphatic heterocycles. The van der Waals surface area contributed by atoms with E-state index in [0.717, 1.165) is 16.7 Å². The van der Waals surface area contributed by atoms with Gasteiger partial charge in [-0.05, 0) is 56.7 Å². The van der Waals surface area contributed by atoms with Crippen molar-refractivity contribution >= 4 is 28.5 Å². The molecule has 156 valence electrons. The third-order valence-corrected chi connectivity index (χ3v) is 6.10. The fraction of sp³-hybridized carbons (Fsp3) is 0.160. The van der Waals surface area contributed by atoms with Crippen LogP contribution in [0.5, 0.6) is 0 Å². The quantitative estimate of drug-likeness (QED) is 0.295. The number of rotatable bonds is 4. The molecule has 0 N–H and O–H groups in total. The lowest BCUT2D eigenvalue weighted by Gasteiger charge is -2.18. The SMILES string of the molecule is CC(C)(C)[S+]([O-])N=Cc1nc2ccc(F)cc2c(-c2ccccn2)c1-c1ccccc1. The zero-order valence-electron chi connectivity index (χ0n) is 17.5. The van der Waals surface area contributed by atoms with Gasteiger partial charge in [-0.1, -0.05) is 40.8 Å². The van der Waals surface area contributed by atoms with Crippen molar-refractivity contribution in [2.75, 3.05) is 0 Å². The van der Waals surface area contributed by atoms with E-state index >= 15 is 0 Å². The van der Waals surface area contributed by atoms with Crippen LogP contribution in [0.3, 0.4) is 0 Å². The van der Waals surface area contributed by atoms with Crippen molar-refractivity contribution in [3.05, 3.63) is 84.4 Å². The summed E-state index contributed by atoms with van der Waals surface area (Å²) in [6, 6.07) is 19.9. The van der Waals surface area contributed by atoms with E-state index in [1.807, 2.05) is 69.3 Å². The molecule has 0 spiro atoms. The maximum Gasteiger partial charge on any atom is 0.144 e. The molecule has 1 atom stereocenters. The third kappa shape index (κ3) is 4.50. The van der Waals surface area contributed by atoms with Crippen LogP contribution < -0.4 is 0 Å². The molecule has 2 aromatic carbocycles. The molecule has 0 bridgehead atoms. The fourth-order valence-electron chi connectivity index (χ4n) is 3.28. The Morgan fingerprint density at radius 3 is 2.39 bits per heavy atom. The van der Waals surface area contributed by atoms with Gasteiger partial charge in [0.25, 0.3) is 0 Å². The molecular weight excluding hydrogens is 409 g/mol. The Kier molecular flexibility index (Phi) is 5.85. The average Bonchev–Trinajstić information content (AvgIpc) is 2.77. The fourth-order valence-corrected chi connectivity index (χ4v) is 3.79. The van der Waals surface area contributed by atoms with Gasteiger partial charge in [0.15, 0.2) is 0 Å². The minimum Gasteiger partial charge on any atom is -0.591 e. The zero-order valence-corrected chi connectivity index (χ0v) is 18.4. The second-order valence-electron chi connectivity index (χ2n) is 8.09. The number of halogens is 1. The van der Waals surface area contributed by atoms with Gasteiger partial charge in [-0.3, -0.25) is 4.98 Å². The maximum atomic E-state index is 14.2. The Balaban J connectivity index is 2.08. The summed E-state index contributed by atoms with van der Waals surface area (Å²) in [4.78, 5) is 9.29. The Morgan fingerprint density at radius 2 is 1.71 bits per heavy atom. The van der Waals surface area contributed by atoms with E-state index in [0.29, 0.717) is 22.3 Å². The molecule has 2 aromatic heterocycles. The number of aromatic nitrogens is 2. The molecule has 0 aliphatic carbocycles. The highest BCUT2D eigenvalue weighted by Crippen LogP contribution is 2.38. The first-order chi connectivity index (χ1) is 14.8. The summed E-state index contributed by atoms with van der Waals surface area (Å²) in [5.41, 5.74) is 4.30. The van der Waals surface area contributed by atoms with Gasteiger partial charge in [0, 0.05) is 22.7 Å². The first kappa shape index (κ1) is 21.2. The molecule has 0 saturated carbocycles. The van der Waals surface area contributed by atoms with Crippen LogP contribution in [0.1, 0.15) is 26.5 Å². The minimum absolute atomic E-state index is 0.347. The highest BCUT2D eigenvalue weighted by atomic mass is 32.2. The third-order valence-electron chi connectivity index (χ3n) is 4.75. The molecular formula is C25H22FN3OS. The van der Waals surface area contributed by atoms with Gasteiger partial charge in [0.05, 0.1) is 16.9 Å². The van der Waals surface area contributed by atoms with Crippen molar-refractivity contribution in [3.63, 3.8) is 0 Å². The molecule has 4 aromatic rings. The van der Waals surface area contributed by atoms with Crippen LogP contribution in [-0.2, 0) is 11.4 Å². The van der Waals surface area contributed by atoms with E-state index in [9.17, 15) is 8.94 Å². The summed E-state index contributed by atoms with van der Waals surface area (Å²) in [5, 5.41) is 0.659. The zero-order chi connectivity index (χ0) is 22.0. The standard InChI is InChI=1S/C25H22FN3OS/c1-25(2,3)31(30)28-16-22-23(17-9-5-4-6-10-17)24(21-11-7-8-14-27-21)19-15-18(26)12-13-20(19)29-22/h4-16H,1-3H3. The Labute approximate surface area is 184 Å². The highest BCUT2D eigenvalue weighted by molar-refractivity contribution is 7.91. The number of fused-ring (bicyclic) bond motifs is 1. The van der Waals surface area contributed by atoms with Crippen LogP contribution >= 0.6 is 0 Å². The smallest absolute Gasteiger partial charge is 0.144 e. The van der Waals surface area contributed by atoms with Crippen LogP contribution in [-0.4, -0.2) is 25.5 Å². The summed E-state index contributed by atoms with van der Waals surface area (Å²) < 4.78 is 30.6. The molecule has 4 nitrogen and oxygen atoms in total. The lowest BCUT2D eigenvalue weighted by Crippen LogP contribution is -2.25. The van der Waals surface area contributed by atoms with Gasteiger partial charge in [-0.2, -0.15) is 0 Å². The van der Waals surface area contributed by atoms with E-state index in [1.165, 1.54) is 12.1 Å². The van der Waals surface area contributed by atoms with Gasteiger partial charge in [0.2, 0.25) is 0 Å². The first-order valence-corrected chi connectivity index (χ1v) is 11.0. The van der Waals surface area contributed by atoms with E-state index in [-0.39, 0.29) is 5.82 Å². The Bertz CT molecular complexity index is 1240. The predicted molar refractivity (Wildman–Crippen MR) is 126 cm³/mol. The van der Waals surface area contributed by atoms with Gasteiger partial charge in [0.1, 0.15) is 28.1 Å². The summed E-state index contributed by atoms with van der Waals surface area (Å²) in [7, 11) is 0. The predicted octanol–water partition coefficient (Wildman–Crippen LogP) is 5.98. The molecule has 0 fully saturated rings. The summed E-state index contributed by atoms with van der Waals surface area (Å²) in [6.07, 6.45) is 3.26. The number of hydrogen-bond acceptors (Lipinski definition) is 4. The first-order valence-electron chi connectivity index (χ1n) is 9.91. The number of pyridine rings is 2. The monoisotopic (exact) mass is 431 g/mol. The summed E-state index contributed by atoms with van der Waals surface area (Å²) in [5.74, 6) is -0.347. The van der Waals surface area contributed by atoms with Crippen molar-refractivity contribution in [2.24, 2.45) is 4.40 Å². The molecule has 0 saturated heterocycles. The van der Waals surface area contributed by atoms with Gasteiger partial charge >= 0.3 is 0 Å². The average molecular weight is 432 g/mol. The lowest BCUT2D eigenvalue weighted by atomic mass is 9.92. The topological polar surface area (TPSA) is 61.2 Å². The molecule has 31 heavy (non-hydrogen) atoms. The van der Waals surface area contributed by atoms with Crippen molar-refractivity contribution in [2.45, 2.75) is 25.5 Å². The van der Waals surface area contributed by atoms with Crippen LogP contribution in [0.2, 0.25) is 0 Å². The number of benzene rings is 2. The van der Waals surface area contributed by atoms with Gasteiger partial charge in [-0.15, -0.1) is 0 Å². The molecule has 4 rings (SSSR count). The van der Waals surface area contributed by atoms with Crippen molar-refractivity contribution in [3.8, 4) is 22.4 Å². The van der Waals surface area contributed by atoms with Crippen LogP contribution in [0.4, 0.5) is 4.39 Å². The normalized spacial score (nSPS) is 13.1.